The lowest BCUT2D eigenvalue weighted by Gasteiger charge is -2.37. The van der Waals surface area contributed by atoms with Crippen LogP contribution in [0, 0.1) is 23.7 Å². The highest BCUT2D eigenvalue weighted by Gasteiger charge is 2.62. The van der Waals surface area contributed by atoms with Gasteiger partial charge in [-0.15, -0.1) is 0 Å². The van der Waals surface area contributed by atoms with Gasteiger partial charge in [0.25, 0.3) is 0 Å². The summed E-state index contributed by atoms with van der Waals surface area (Å²) in [7, 11) is 0. The molecule has 4 nitrogen and oxygen atoms in total. The Kier molecular flexibility index (Phi) is 3.15. The van der Waals surface area contributed by atoms with Gasteiger partial charge in [0.2, 0.25) is 11.6 Å². The van der Waals surface area contributed by atoms with Crippen molar-refractivity contribution in [2.75, 3.05) is 6.61 Å². The van der Waals surface area contributed by atoms with E-state index in [1.165, 1.54) is 19.3 Å². The van der Waals surface area contributed by atoms with E-state index in [1.807, 2.05) is 0 Å². The van der Waals surface area contributed by atoms with Gasteiger partial charge in [-0.3, -0.25) is 0 Å². The van der Waals surface area contributed by atoms with Crippen molar-refractivity contribution in [1.29, 1.82) is 0 Å². The van der Waals surface area contributed by atoms with E-state index >= 15 is 0 Å². The molecule has 0 aromatic heterocycles. The molecule has 4 rings (SSSR count). The highest BCUT2D eigenvalue weighted by molar-refractivity contribution is 5.00. The molecule has 0 radical (unpaired) electrons. The molecule has 4 fully saturated rings. The summed E-state index contributed by atoms with van der Waals surface area (Å²) in [5, 5.41) is 0. The molecular weight excluding hydrogens is 268 g/mol. The fourth-order valence-electron chi connectivity index (χ4n) is 4.50. The second-order valence-corrected chi connectivity index (χ2v) is 7.57. The predicted molar refractivity (Wildman–Crippen MR) is 76.8 cm³/mol. The number of fused-ring (bicyclic) bond motifs is 1. The lowest BCUT2D eigenvalue weighted by molar-refractivity contribution is -0.369. The largest absolute Gasteiger partial charge is 0.498 e. The van der Waals surface area contributed by atoms with Gasteiger partial charge in [-0.05, 0) is 31.1 Å². The van der Waals surface area contributed by atoms with Gasteiger partial charge in [-0.1, -0.05) is 20.4 Å². The second kappa shape index (κ2) is 4.71. The van der Waals surface area contributed by atoms with Crippen molar-refractivity contribution in [3.05, 3.63) is 12.3 Å². The molecule has 21 heavy (non-hydrogen) atoms. The molecule has 0 aromatic carbocycles. The Bertz CT molecular complexity index is 432. The number of rotatable bonds is 0. The van der Waals surface area contributed by atoms with Crippen LogP contribution >= 0.6 is 0 Å². The average molecular weight is 294 g/mol. The van der Waals surface area contributed by atoms with Crippen molar-refractivity contribution in [2.45, 2.75) is 63.9 Å². The van der Waals surface area contributed by atoms with Gasteiger partial charge in [-0.2, -0.15) is 9.78 Å². The molecule has 2 saturated carbocycles. The molecule has 2 spiro atoms. The van der Waals surface area contributed by atoms with Crippen LogP contribution in [0.2, 0.25) is 0 Å². The van der Waals surface area contributed by atoms with Crippen LogP contribution < -0.4 is 0 Å². The van der Waals surface area contributed by atoms with E-state index in [1.54, 1.807) is 0 Å². The normalized spacial score (nSPS) is 53.1. The molecule has 118 valence electrons. The first-order chi connectivity index (χ1) is 10.0. The molecule has 2 aliphatic carbocycles. The van der Waals surface area contributed by atoms with Gasteiger partial charge in [0.1, 0.15) is 0 Å². The summed E-state index contributed by atoms with van der Waals surface area (Å²) in [5.74, 6) is 2.11. The van der Waals surface area contributed by atoms with Crippen molar-refractivity contribution < 1.29 is 19.2 Å². The van der Waals surface area contributed by atoms with Crippen molar-refractivity contribution >= 4 is 0 Å². The predicted octanol–water partition coefficient (Wildman–Crippen LogP) is 3.77. The SMILES string of the molecule is C=C1CCC2(CCO1)OOC1(O2)C(C)CC2CC2CC1C. The van der Waals surface area contributed by atoms with E-state index in [-0.39, 0.29) is 0 Å². The molecule has 0 amide bonds. The second-order valence-electron chi connectivity index (χ2n) is 7.57. The first kappa shape index (κ1) is 14.0. The lowest BCUT2D eigenvalue weighted by Crippen LogP contribution is -2.46. The Morgan fingerprint density at radius 3 is 2.43 bits per heavy atom. The highest BCUT2D eigenvalue weighted by atomic mass is 17.3. The van der Waals surface area contributed by atoms with Crippen LogP contribution in [-0.4, -0.2) is 18.2 Å². The van der Waals surface area contributed by atoms with Crippen LogP contribution in [0.1, 0.15) is 52.4 Å². The van der Waals surface area contributed by atoms with E-state index in [0.717, 1.165) is 30.4 Å². The molecule has 4 heteroatoms. The fraction of sp³-hybridized carbons (Fsp3) is 0.882. The first-order valence-corrected chi connectivity index (χ1v) is 8.41. The number of hydrogen-bond acceptors (Lipinski definition) is 4. The van der Waals surface area contributed by atoms with Crippen molar-refractivity contribution in [2.24, 2.45) is 23.7 Å². The van der Waals surface area contributed by atoms with Gasteiger partial charge < -0.3 is 9.47 Å². The van der Waals surface area contributed by atoms with Crippen LogP contribution in [0.5, 0.6) is 0 Å². The molecular formula is C17H26O4. The Hall–Kier alpha value is -0.580. The summed E-state index contributed by atoms with van der Waals surface area (Å²) in [6.07, 6.45) is 6.02. The van der Waals surface area contributed by atoms with Crippen molar-refractivity contribution in [3.8, 4) is 0 Å². The summed E-state index contributed by atoms with van der Waals surface area (Å²) >= 11 is 0. The molecule has 0 aromatic rings. The molecule has 0 N–H and O–H groups in total. The van der Waals surface area contributed by atoms with E-state index in [4.69, 9.17) is 19.2 Å². The Balaban J connectivity index is 1.57. The fourth-order valence-corrected chi connectivity index (χ4v) is 4.50. The number of hydrogen-bond donors (Lipinski definition) is 0. The molecule has 2 heterocycles. The summed E-state index contributed by atoms with van der Waals surface area (Å²) in [6, 6.07) is 0. The van der Waals surface area contributed by atoms with Gasteiger partial charge in [0.15, 0.2) is 0 Å². The van der Waals surface area contributed by atoms with E-state index in [0.29, 0.717) is 24.9 Å². The van der Waals surface area contributed by atoms with Gasteiger partial charge in [0.05, 0.1) is 12.4 Å². The van der Waals surface area contributed by atoms with Crippen molar-refractivity contribution in [3.63, 3.8) is 0 Å². The van der Waals surface area contributed by atoms with Crippen LogP contribution in [0.3, 0.4) is 0 Å². The minimum absolute atomic E-state index is 0.372. The third-order valence-electron chi connectivity index (χ3n) is 6.00. The minimum atomic E-state index is -0.642. The Labute approximate surface area is 126 Å². The third-order valence-corrected chi connectivity index (χ3v) is 6.00. The zero-order valence-electron chi connectivity index (χ0n) is 13.1. The monoisotopic (exact) mass is 294 g/mol. The maximum absolute atomic E-state index is 6.55. The topological polar surface area (TPSA) is 36.9 Å². The summed E-state index contributed by atoms with van der Waals surface area (Å²) in [5.41, 5.74) is 0. The number of ether oxygens (including phenoxy) is 2. The maximum atomic E-state index is 6.55. The molecule has 0 bridgehead atoms. The molecule has 2 saturated heterocycles. The lowest BCUT2D eigenvalue weighted by atomic mass is 9.85. The molecule has 5 unspecified atom stereocenters. The quantitative estimate of drug-likeness (QED) is 0.637. The first-order valence-electron chi connectivity index (χ1n) is 8.41. The smallest absolute Gasteiger partial charge is 0.209 e. The van der Waals surface area contributed by atoms with E-state index in [2.05, 4.69) is 20.4 Å². The van der Waals surface area contributed by atoms with Gasteiger partial charge in [-0.25, -0.2) is 0 Å². The van der Waals surface area contributed by atoms with E-state index in [9.17, 15) is 0 Å². The van der Waals surface area contributed by atoms with Gasteiger partial charge in [0, 0.05) is 31.1 Å². The van der Waals surface area contributed by atoms with Crippen molar-refractivity contribution in [1.82, 2.24) is 0 Å². The number of allylic oxidation sites excluding steroid dienone is 1. The third kappa shape index (κ3) is 2.23. The zero-order valence-corrected chi connectivity index (χ0v) is 13.1. The molecule has 2 aliphatic heterocycles. The average Bonchev–Trinajstić information content (AvgIpc) is 3.09. The zero-order chi connectivity index (χ0) is 14.7. The van der Waals surface area contributed by atoms with Crippen LogP contribution in [-0.2, 0) is 19.2 Å². The maximum Gasteiger partial charge on any atom is 0.209 e. The minimum Gasteiger partial charge on any atom is -0.498 e. The van der Waals surface area contributed by atoms with Crippen LogP contribution in [0.15, 0.2) is 12.3 Å². The highest BCUT2D eigenvalue weighted by Crippen LogP contribution is 2.58. The standard InChI is InChI=1S/C17H26O4/c1-11-8-14-10-15(14)9-12(2)17(11)19-16(20-21-17)5-4-13(3)18-7-6-16/h11-12,14-15H,3-10H2,1-2H3. The van der Waals surface area contributed by atoms with E-state index < -0.39 is 11.6 Å². The Morgan fingerprint density at radius 1 is 1.00 bits per heavy atom. The molecule has 4 aliphatic rings. The molecule has 5 atom stereocenters. The summed E-state index contributed by atoms with van der Waals surface area (Å²) in [6.45, 7) is 9.02. The van der Waals surface area contributed by atoms with Crippen LogP contribution in [0.25, 0.3) is 0 Å². The summed E-state index contributed by atoms with van der Waals surface area (Å²) in [4.78, 5) is 11.7. The van der Waals surface area contributed by atoms with Gasteiger partial charge >= 0.3 is 0 Å². The Morgan fingerprint density at radius 2 is 1.71 bits per heavy atom. The van der Waals surface area contributed by atoms with Crippen LogP contribution in [0.4, 0.5) is 0 Å². The summed E-state index contributed by atoms with van der Waals surface area (Å²) < 4.78 is 12.1.